The van der Waals surface area contributed by atoms with Crippen LogP contribution in [-0.4, -0.2) is 44.4 Å². The Hall–Kier alpha value is -2.23. The lowest BCUT2D eigenvalue weighted by Crippen LogP contribution is -2.44. The highest BCUT2D eigenvalue weighted by molar-refractivity contribution is 7.15. The van der Waals surface area contributed by atoms with Gasteiger partial charge in [0.15, 0.2) is 0 Å². The van der Waals surface area contributed by atoms with Crippen LogP contribution in [0.3, 0.4) is 0 Å². The quantitative estimate of drug-likeness (QED) is 0.583. The predicted molar refractivity (Wildman–Crippen MR) is 65.1 cm³/mol. The summed E-state index contributed by atoms with van der Waals surface area (Å²) in [4.78, 5) is 32.6. The van der Waals surface area contributed by atoms with Crippen molar-refractivity contribution in [3.63, 3.8) is 0 Å². The molecular weight excluding hydrogens is 276 g/mol. The van der Waals surface area contributed by atoms with Crippen molar-refractivity contribution in [2.24, 2.45) is 0 Å². The Morgan fingerprint density at radius 2 is 2.00 bits per heavy atom. The summed E-state index contributed by atoms with van der Waals surface area (Å²) in [5.41, 5.74) is 0. The molecule has 1 aromatic rings. The number of aryl methyl sites for hydroxylation is 1. The number of anilines is 1. The molecule has 0 unspecified atom stereocenters. The first kappa shape index (κ1) is 14.8. The molecule has 0 aliphatic carbocycles. The van der Waals surface area contributed by atoms with Gasteiger partial charge in [-0.25, -0.2) is 9.59 Å². The summed E-state index contributed by atoms with van der Waals surface area (Å²) in [5, 5.41) is 30.0. The number of aromatic nitrogens is 2. The van der Waals surface area contributed by atoms with Crippen LogP contribution in [0.4, 0.5) is 9.93 Å². The third-order valence-electron chi connectivity index (χ3n) is 1.97. The van der Waals surface area contributed by atoms with Crippen LogP contribution in [0.1, 0.15) is 18.4 Å². The van der Waals surface area contributed by atoms with Crippen molar-refractivity contribution in [3.05, 3.63) is 5.01 Å². The van der Waals surface area contributed by atoms with Gasteiger partial charge in [-0.05, 0) is 6.42 Å². The van der Waals surface area contributed by atoms with E-state index in [4.69, 9.17) is 10.2 Å². The summed E-state index contributed by atoms with van der Waals surface area (Å²) >= 11 is 1.15. The first-order chi connectivity index (χ1) is 8.92. The number of urea groups is 1. The minimum atomic E-state index is -1.50. The smallest absolute Gasteiger partial charge is 0.326 e. The van der Waals surface area contributed by atoms with Gasteiger partial charge in [0.2, 0.25) is 5.13 Å². The molecule has 4 N–H and O–H groups in total. The van der Waals surface area contributed by atoms with Gasteiger partial charge in [-0.1, -0.05) is 18.3 Å². The number of carbonyl (C=O) groups excluding carboxylic acids is 1. The number of hydrogen-bond donors (Lipinski definition) is 4. The van der Waals surface area contributed by atoms with Crippen LogP contribution < -0.4 is 10.6 Å². The molecule has 0 saturated carbocycles. The number of aliphatic carboxylic acids is 2. The average Bonchev–Trinajstić information content (AvgIpc) is 2.75. The third-order valence-corrected chi connectivity index (χ3v) is 2.95. The van der Waals surface area contributed by atoms with E-state index in [9.17, 15) is 14.4 Å². The van der Waals surface area contributed by atoms with Gasteiger partial charge in [0.25, 0.3) is 0 Å². The van der Waals surface area contributed by atoms with E-state index >= 15 is 0 Å². The van der Waals surface area contributed by atoms with E-state index in [-0.39, 0.29) is 5.13 Å². The molecule has 0 saturated heterocycles. The summed E-state index contributed by atoms with van der Waals surface area (Å²) in [6.07, 6.45) is -0.0448. The van der Waals surface area contributed by atoms with Crippen molar-refractivity contribution in [1.29, 1.82) is 0 Å². The molecule has 1 aromatic heterocycles. The molecule has 1 atom stereocenters. The summed E-state index contributed by atoms with van der Waals surface area (Å²) in [6.45, 7) is 1.87. The maximum absolute atomic E-state index is 11.5. The van der Waals surface area contributed by atoms with Gasteiger partial charge in [0, 0.05) is 0 Å². The third kappa shape index (κ3) is 4.87. The number of nitrogens with one attached hydrogen (secondary N) is 2. The number of nitrogens with zero attached hydrogens (tertiary/aromatic N) is 2. The topological polar surface area (TPSA) is 142 Å². The highest BCUT2D eigenvalue weighted by Crippen LogP contribution is 2.15. The number of amides is 2. The van der Waals surface area contributed by atoms with Crippen molar-refractivity contribution < 1.29 is 24.6 Å². The number of hydrogen-bond acceptors (Lipinski definition) is 6. The molecule has 1 heterocycles. The molecule has 0 fully saturated rings. The monoisotopic (exact) mass is 288 g/mol. The molecule has 19 heavy (non-hydrogen) atoms. The van der Waals surface area contributed by atoms with E-state index < -0.39 is 30.4 Å². The average molecular weight is 288 g/mol. The van der Waals surface area contributed by atoms with Crippen molar-refractivity contribution in [2.75, 3.05) is 5.32 Å². The molecule has 2 amide bonds. The molecule has 0 aromatic carbocycles. The van der Waals surface area contributed by atoms with Crippen molar-refractivity contribution in [3.8, 4) is 0 Å². The zero-order valence-corrected chi connectivity index (χ0v) is 10.7. The van der Waals surface area contributed by atoms with Gasteiger partial charge in [0.1, 0.15) is 11.0 Å². The Balaban J connectivity index is 2.57. The highest BCUT2D eigenvalue weighted by atomic mass is 32.1. The maximum Gasteiger partial charge on any atom is 0.326 e. The Labute approximate surface area is 111 Å². The molecule has 1 rings (SSSR count). The second kappa shape index (κ2) is 6.64. The standard InChI is InChI=1S/C9H12N4O5S/c1-2-5-12-13-9(19-5)11-8(18)10-4(7(16)17)3-6(14)15/h4H,2-3H2,1H3,(H,14,15)(H,16,17)(H2,10,11,13,18)/t4-/m0/s1. The molecule has 0 aliphatic heterocycles. The Bertz CT molecular complexity index is 489. The second-order valence-electron chi connectivity index (χ2n) is 3.44. The van der Waals surface area contributed by atoms with Crippen LogP contribution in [0.5, 0.6) is 0 Å². The zero-order chi connectivity index (χ0) is 14.4. The van der Waals surface area contributed by atoms with E-state index in [2.05, 4.69) is 15.5 Å². The van der Waals surface area contributed by atoms with Crippen molar-refractivity contribution in [2.45, 2.75) is 25.8 Å². The number of carbonyl (C=O) groups is 3. The SMILES string of the molecule is CCc1nnc(NC(=O)N[C@@H](CC(=O)O)C(=O)O)s1. The van der Waals surface area contributed by atoms with Gasteiger partial charge in [-0.2, -0.15) is 0 Å². The normalized spacial score (nSPS) is 11.6. The number of rotatable bonds is 6. The predicted octanol–water partition coefficient (Wildman–Crippen LogP) is 0.150. The molecule has 104 valence electrons. The lowest BCUT2D eigenvalue weighted by Gasteiger charge is -2.11. The maximum atomic E-state index is 11.5. The first-order valence-electron chi connectivity index (χ1n) is 5.26. The van der Waals surface area contributed by atoms with Gasteiger partial charge in [0.05, 0.1) is 6.42 Å². The Morgan fingerprint density at radius 3 is 2.47 bits per heavy atom. The number of carboxylic acid groups (broad SMARTS) is 2. The molecule has 9 nitrogen and oxygen atoms in total. The van der Waals surface area contributed by atoms with Gasteiger partial charge < -0.3 is 15.5 Å². The lowest BCUT2D eigenvalue weighted by atomic mass is 10.2. The molecular formula is C9H12N4O5S. The van der Waals surface area contributed by atoms with Gasteiger partial charge in [-0.15, -0.1) is 10.2 Å². The molecule has 0 aliphatic rings. The number of carboxylic acids is 2. The van der Waals surface area contributed by atoms with E-state index in [0.717, 1.165) is 16.3 Å². The van der Waals surface area contributed by atoms with Gasteiger partial charge in [-0.3, -0.25) is 10.1 Å². The Morgan fingerprint density at radius 1 is 1.32 bits per heavy atom. The van der Waals surface area contributed by atoms with E-state index in [1.54, 1.807) is 0 Å². The fraction of sp³-hybridized carbons (Fsp3) is 0.444. The van der Waals surface area contributed by atoms with E-state index in [1.165, 1.54) is 0 Å². The lowest BCUT2D eigenvalue weighted by molar-refractivity contribution is -0.145. The van der Waals surface area contributed by atoms with Crippen LogP contribution in [0, 0.1) is 0 Å². The Kier molecular flexibility index (Phi) is 5.18. The second-order valence-corrected chi connectivity index (χ2v) is 4.50. The summed E-state index contributed by atoms with van der Waals surface area (Å²) in [5.74, 6) is -2.75. The molecule has 0 radical (unpaired) electrons. The van der Waals surface area contributed by atoms with E-state index in [0.29, 0.717) is 6.42 Å². The van der Waals surface area contributed by atoms with Crippen LogP contribution in [0.2, 0.25) is 0 Å². The largest absolute Gasteiger partial charge is 0.481 e. The van der Waals surface area contributed by atoms with Crippen LogP contribution in [-0.2, 0) is 16.0 Å². The fourth-order valence-corrected chi connectivity index (χ4v) is 1.79. The molecule has 0 bridgehead atoms. The molecule has 10 heteroatoms. The minimum absolute atomic E-state index is 0.216. The summed E-state index contributed by atoms with van der Waals surface area (Å²) in [6, 6.07) is -2.34. The summed E-state index contributed by atoms with van der Waals surface area (Å²) in [7, 11) is 0. The van der Waals surface area contributed by atoms with Crippen molar-refractivity contribution >= 4 is 34.4 Å². The summed E-state index contributed by atoms with van der Waals surface area (Å²) < 4.78 is 0. The zero-order valence-electron chi connectivity index (χ0n) is 9.91. The van der Waals surface area contributed by atoms with Crippen LogP contribution in [0.25, 0.3) is 0 Å². The minimum Gasteiger partial charge on any atom is -0.481 e. The van der Waals surface area contributed by atoms with Gasteiger partial charge >= 0.3 is 18.0 Å². The molecule has 0 spiro atoms. The first-order valence-corrected chi connectivity index (χ1v) is 6.08. The fourth-order valence-electron chi connectivity index (χ4n) is 1.11. The van der Waals surface area contributed by atoms with Crippen LogP contribution >= 0.6 is 11.3 Å². The van der Waals surface area contributed by atoms with Crippen LogP contribution in [0.15, 0.2) is 0 Å². The van der Waals surface area contributed by atoms with Crippen molar-refractivity contribution in [1.82, 2.24) is 15.5 Å². The highest BCUT2D eigenvalue weighted by Gasteiger charge is 2.23. The van der Waals surface area contributed by atoms with E-state index in [1.807, 2.05) is 12.2 Å².